The summed E-state index contributed by atoms with van der Waals surface area (Å²) in [6, 6.07) is 2.06. The molecule has 4 aliphatic rings. The average molecular weight is 296 g/mol. The minimum absolute atomic E-state index is 0.0228. The number of nitrogens with zero attached hydrogens (tertiary/aromatic N) is 2. The largest absolute Gasteiger partial charge is 0.481 e. The topological polar surface area (TPSA) is 63.1 Å². The smallest absolute Gasteiger partial charge is 0.306 e. The van der Waals surface area contributed by atoms with Gasteiger partial charge in [-0.05, 0) is 67.4 Å². The van der Waals surface area contributed by atoms with Crippen LogP contribution in [0.4, 0.5) is 0 Å². The molecule has 0 radical (unpaired) electrons. The first kappa shape index (κ1) is 12.8. The summed E-state index contributed by atoms with van der Waals surface area (Å²) in [6.45, 7) is 0. The van der Waals surface area contributed by atoms with Gasteiger partial charge in [-0.3, -0.25) is 4.79 Å². The van der Waals surface area contributed by atoms with Crippen molar-refractivity contribution in [1.29, 1.82) is 0 Å². The van der Waals surface area contributed by atoms with Crippen LogP contribution in [0.15, 0.2) is 24.4 Å². The first-order valence-corrected chi connectivity index (χ1v) is 8.42. The molecule has 0 saturated heterocycles. The number of carboxylic acid groups (broad SMARTS) is 1. The zero-order valence-corrected chi connectivity index (χ0v) is 12.5. The highest BCUT2D eigenvalue weighted by Crippen LogP contribution is 2.67. The summed E-state index contributed by atoms with van der Waals surface area (Å²) in [7, 11) is 0. The Hall–Kier alpha value is -1.71. The first-order valence-electron chi connectivity index (χ1n) is 8.42. The van der Waals surface area contributed by atoms with E-state index in [0.717, 1.165) is 31.4 Å². The molecule has 22 heavy (non-hydrogen) atoms. The number of hydrogen-bond donors (Lipinski definition) is 1. The van der Waals surface area contributed by atoms with Crippen molar-refractivity contribution in [1.82, 2.24) is 10.2 Å². The number of aromatic nitrogens is 2. The Balaban J connectivity index is 1.74. The van der Waals surface area contributed by atoms with Crippen LogP contribution >= 0.6 is 0 Å². The van der Waals surface area contributed by atoms with Gasteiger partial charge in [0, 0.05) is 11.6 Å². The normalized spacial score (nSPS) is 44.3. The molecule has 4 aliphatic carbocycles. The van der Waals surface area contributed by atoms with E-state index in [1.807, 2.05) is 0 Å². The van der Waals surface area contributed by atoms with Crippen molar-refractivity contribution in [3.63, 3.8) is 0 Å². The molecule has 6 unspecified atom stereocenters. The van der Waals surface area contributed by atoms with Crippen molar-refractivity contribution in [2.45, 2.75) is 37.5 Å². The first-order chi connectivity index (χ1) is 10.7. The fourth-order valence-corrected chi connectivity index (χ4v) is 6.41. The van der Waals surface area contributed by atoms with Crippen molar-refractivity contribution < 1.29 is 9.90 Å². The molecule has 5 rings (SSSR count). The van der Waals surface area contributed by atoms with E-state index in [1.165, 1.54) is 12.0 Å². The number of aliphatic carboxylic acids is 1. The number of carbonyl (C=O) groups is 1. The van der Waals surface area contributed by atoms with E-state index < -0.39 is 5.97 Å². The minimum atomic E-state index is -0.619. The lowest BCUT2D eigenvalue weighted by Gasteiger charge is -2.50. The maximum Gasteiger partial charge on any atom is 0.306 e. The van der Waals surface area contributed by atoms with Gasteiger partial charge in [0.2, 0.25) is 0 Å². The van der Waals surface area contributed by atoms with Crippen molar-refractivity contribution in [3.05, 3.63) is 35.7 Å². The molecule has 4 heteroatoms. The Morgan fingerprint density at radius 3 is 3.18 bits per heavy atom. The standard InChI is InChI=1S/C18H20N2O2/c21-17(22)13-8-11-3-1-2-10-4-6-18(15(10)11)14(13)9-12-5-7-19-20-16(12)18/h1,3,5,7,10-11,13-15H,2,4,6,8-9H2,(H,21,22). The summed E-state index contributed by atoms with van der Waals surface area (Å²) in [5, 5.41) is 18.5. The van der Waals surface area contributed by atoms with Gasteiger partial charge in [0.15, 0.2) is 0 Å². The van der Waals surface area contributed by atoms with Crippen LogP contribution in [0.25, 0.3) is 0 Å². The van der Waals surface area contributed by atoms with Crippen LogP contribution in [-0.4, -0.2) is 21.3 Å². The average Bonchev–Trinajstić information content (AvgIpc) is 3.08. The maximum absolute atomic E-state index is 11.9. The van der Waals surface area contributed by atoms with Crippen molar-refractivity contribution in [2.24, 2.45) is 29.6 Å². The summed E-state index contributed by atoms with van der Waals surface area (Å²) in [4.78, 5) is 11.9. The van der Waals surface area contributed by atoms with Gasteiger partial charge in [-0.25, -0.2) is 0 Å². The molecule has 1 spiro atoms. The van der Waals surface area contributed by atoms with E-state index >= 15 is 0 Å². The molecular formula is C18H20N2O2. The highest BCUT2D eigenvalue weighted by atomic mass is 16.4. The van der Waals surface area contributed by atoms with Crippen LogP contribution in [0.2, 0.25) is 0 Å². The molecule has 0 bridgehead atoms. The number of hydrogen-bond acceptors (Lipinski definition) is 3. The number of allylic oxidation sites excluding steroid dienone is 2. The third-order valence-electron chi connectivity index (χ3n) is 6.99. The van der Waals surface area contributed by atoms with Crippen LogP contribution in [0.1, 0.15) is 36.9 Å². The van der Waals surface area contributed by atoms with Crippen molar-refractivity contribution >= 4 is 5.97 Å². The van der Waals surface area contributed by atoms with Crippen LogP contribution in [0.3, 0.4) is 0 Å². The molecule has 114 valence electrons. The summed E-state index contributed by atoms with van der Waals surface area (Å²) in [5.41, 5.74) is 2.37. The zero-order chi connectivity index (χ0) is 14.9. The van der Waals surface area contributed by atoms with E-state index in [9.17, 15) is 9.90 Å². The summed E-state index contributed by atoms with van der Waals surface area (Å²) in [6.07, 6.45) is 11.5. The van der Waals surface area contributed by atoms with Crippen LogP contribution in [0, 0.1) is 29.6 Å². The number of fused-ring (bicyclic) bond motifs is 1. The van der Waals surface area contributed by atoms with Crippen molar-refractivity contribution in [3.8, 4) is 0 Å². The Bertz CT molecular complexity index is 685. The van der Waals surface area contributed by atoms with Crippen LogP contribution < -0.4 is 0 Å². The van der Waals surface area contributed by atoms with Gasteiger partial charge in [0.05, 0.1) is 11.6 Å². The Morgan fingerprint density at radius 2 is 2.32 bits per heavy atom. The predicted octanol–water partition coefficient (Wildman–Crippen LogP) is 2.59. The molecule has 2 fully saturated rings. The molecule has 1 aromatic heterocycles. The summed E-state index contributed by atoms with van der Waals surface area (Å²) in [5.74, 6) is 1.06. The number of carboxylic acids is 1. The fraction of sp³-hybridized carbons (Fsp3) is 0.611. The highest BCUT2D eigenvalue weighted by Gasteiger charge is 2.65. The lowest BCUT2D eigenvalue weighted by molar-refractivity contribution is -0.148. The number of rotatable bonds is 1. The molecule has 2 saturated carbocycles. The Morgan fingerprint density at radius 1 is 1.41 bits per heavy atom. The Labute approximate surface area is 129 Å². The minimum Gasteiger partial charge on any atom is -0.481 e. The molecule has 1 aromatic rings. The zero-order valence-electron chi connectivity index (χ0n) is 12.5. The Kier molecular flexibility index (Phi) is 2.43. The summed E-state index contributed by atoms with van der Waals surface area (Å²) < 4.78 is 0. The third kappa shape index (κ3) is 1.37. The van der Waals surface area contributed by atoms with E-state index in [4.69, 9.17) is 0 Å². The van der Waals surface area contributed by atoms with E-state index in [1.54, 1.807) is 6.20 Å². The van der Waals surface area contributed by atoms with E-state index in [2.05, 4.69) is 28.4 Å². The summed E-state index contributed by atoms with van der Waals surface area (Å²) >= 11 is 0. The molecular weight excluding hydrogens is 276 g/mol. The monoisotopic (exact) mass is 296 g/mol. The van der Waals surface area contributed by atoms with Gasteiger partial charge < -0.3 is 5.11 Å². The van der Waals surface area contributed by atoms with Gasteiger partial charge in [-0.1, -0.05) is 12.2 Å². The molecule has 0 aromatic carbocycles. The molecule has 1 heterocycles. The molecule has 1 N–H and O–H groups in total. The second-order valence-electron chi connectivity index (χ2n) is 7.59. The quantitative estimate of drug-likeness (QED) is 0.809. The van der Waals surface area contributed by atoms with Gasteiger partial charge >= 0.3 is 5.97 Å². The van der Waals surface area contributed by atoms with E-state index in [-0.39, 0.29) is 17.3 Å². The fourth-order valence-electron chi connectivity index (χ4n) is 6.41. The molecule has 4 nitrogen and oxygen atoms in total. The predicted molar refractivity (Wildman–Crippen MR) is 80.1 cm³/mol. The van der Waals surface area contributed by atoms with Gasteiger partial charge in [0.1, 0.15) is 0 Å². The van der Waals surface area contributed by atoms with Gasteiger partial charge in [-0.15, -0.1) is 0 Å². The third-order valence-corrected chi connectivity index (χ3v) is 6.99. The molecule has 6 atom stereocenters. The highest BCUT2D eigenvalue weighted by molar-refractivity contribution is 5.72. The van der Waals surface area contributed by atoms with Gasteiger partial charge in [0.25, 0.3) is 0 Å². The van der Waals surface area contributed by atoms with Crippen molar-refractivity contribution in [2.75, 3.05) is 0 Å². The molecule has 0 amide bonds. The SMILES string of the molecule is O=C(O)C1CC2C=CCC3CCC4(c5nnccc5CC14)C23. The maximum atomic E-state index is 11.9. The molecule has 0 aliphatic heterocycles. The lowest BCUT2D eigenvalue weighted by Crippen LogP contribution is -2.51. The van der Waals surface area contributed by atoms with Crippen LogP contribution in [-0.2, 0) is 16.6 Å². The second kappa shape index (κ2) is 4.18. The second-order valence-corrected chi connectivity index (χ2v) is 7.59. The lowest BCUT2D eigenvalue weighted by atomic mass is 9.52. The van der Waals surface area contributed by atoms with Crippen LogP contribution in [0.5, 0.6) is 0 Å². The van der Waals surface area contributed by atoms with E-state index in [0.29, 0.717) is 17.8 Å². The van der Waals surface area contributed by atoms with Gasteiger partial charge in [-0.2, -0.15) is 10.2 Å².